The molecular weight excluding hydrogens is 326 g/mol. The van der Waals surface area contributed by atoms with E-state index in [1.807, 2.05) is 12.1 Å². The van der Waals surface area contributed by atoms with Crippen molar-refractivity contribution in [1.82, 2.24) is 9.88 Å². The normalized spacial score (nSPS) is 15.3. The average Bonchev–Trinajstić information content (AvgIpc) is 2.58. The first-order valence-corrected chi connectivity index (χ1v) is 8.16. The highest BCUT2D eigenvalue weighted by atomic mass is 35.5. The maximum Gasteiger partial charge on any atom is 0.257 e. The number of rotatable bonds is 3. The fraction of sp³-hybridized carbons (Fsp3) is 0.294. The standard InChI is InChI=1S/C17H20ClN5O/c1-22-6-8-23(9-7-22)16-5-3-13(11-20-16)21-17(24)14-10-12(19)2-4-15(14)18/h2-5,10-11H,6-9,19H2,1H3,(H,21,24). The Bertz CT molecular complexity index is 726. The molecular formula is C17H20ClN5O. The highest BCUT2D eigenvalue weighted by Crippen LogP contribution is 2.21. The Balaban J connectivity index is 1.68. The molecule has 3 N–H and O–H groups in total. The van der Waals surface area contributed by atoms with Crippen molar-refractivity contribution in [3.8, 4) is 0 Å². The molecule has 3 rings (SSSR count). The first-order chi connectivity index (χ1) is 11.5. The van der Waals surface area contributed by atoms with Crippen LogP contribution in [0.15, 0.2) is 36.5 Å². The number of nitrogens with zero attached hydrogens (tertiary/aromatic N) is 3. The van der Waals surface area contributed by atoms with Crippen LogP contribution in [0.2, 0.25) is 5.02 Å². The van der Waals surface area contributed by atoms with Gasteiger partial charge in [0.25, 0.3) is 5.91 Å². The second kappa shape index (κ2) is 7.07. The Hall–Kier alpha value is -2.31. The fourth-order valence-corrected chi connectivity index (χ4v) is 2.80. The van der Waals surface area contributed by atoms with E-state index in [1.54, 1.807) is 24.4 Å². The monoisotopic (exact) mass is 345 g/mol. The highest BCUT2D eigenvalue weighted by molar-refractivity contribution is 6.34. The van der Waals surface area contributed by atoms with Crippen LogP contribution in [0.3, 0.4) is 0 Å². The lowest BCUT2D eigenvalue weighted by Crippen LogP contribution is -2.44. The van der Waals surface area contributed by atoms with Crippen LogP contribution in [0.5, 0.6) is 0 Å². The number of nitrogen functional groups attached to an aromatic ring is 1. The van der Waals surface area contributed by atoms with Crippen molar-refractivity contribution in [2.75, 3.05) is 49.2 Å². The van der Waals surface area contributed by atoms with Gasteiger partial charge in [0.2, 0.25) is 0 Å². The number of carbonyl (C=O) groups excluding carboxylic acids is 1. The van der Waals surface area contributed by atoms with Gasteiger partial charge in [-0.1, -0.05) is 11.6 Å². The van der Waals surface area contributed by atoms with Gasteiger partial charge in [0.15, 0.2) is 0 Å². The maximum atomic E-state index is 12.3. The minimum absolute atomic E-state index is 0.304. The Labute approximate surface area is 146 Å². The van der Waals surface area contributed by atoms with Crippen LogP contribution in [-0.2, 0) is 0 Å². The summed E-state index contributed by atoms with van der Waals surface area (Å²) in [6.07, 6.45) is 1.66. The predicted molar refractivity (Wildman–Crippen MR) is 97.8 cm³/mol. The number of piperazine rings is 1. The lowest BCUT2D eigenvalue weighted by molar-refractivity contribution is 0.102. The SMILES string of the molecule is CN1CCN(c2ccc(NC(=O)c3cc(N)ccc3Cl)cn2)CC1. The Morgan fingerprint density at radius 3 is 2.62 bits per heavy atom. The summed E-state index contributed by atoms with van der Waals surface area (Å²) in [5, 5.41) is 3.16. The molecule has 126 valence electrons. The summed E-state index contributed by atoms with van der Waals surface area (Å²) in [4.78, 5) is 21.3. The number of amides is 1. The van der Waals surface area contributed by atoms with Gasteiger partial charge in [0.05, 0.1) is 22.5 Å². The first-order valence-electron chi connectivity index (χ1n) is 7.79. The third-order valence-electron chi connectivity index (χ3n) is 4.07. The fourth-order valence-electron chi connectivity index (χ4n) is 2.60. The van der Waals surface area contributed by atoms with Crippen molar-refractivity contribution in [3.05, 3.63) is 47.1 Å². The molecule has 0 radical (unpaired) electrons. The summed E-state index contributed by atoms with van der Waals surface area (Å²) >= 11 is 6.05. The summed E-state index contributed by atoms with van der Waals surface area (Å²) in [6.45, 7) is 3.95. The minimum Gasteiger partial charge on any atom is -0.399 e. The number of halogens is 1. The van der Waals surface area contributed by atoms with Crippen molar-refractivity contribution in [2.45, 2.75) is 0 Å². The molecule has 0 aliphatic carbocycles. The number of anilines is 3. The number of likely N-dealkylation sites (N-methyl/N-ethyl adjacent to an activating group) is 1. The van der Waals surface area contributed by atoms with E-state index in [9.17, 15) is 4.79 Å². The van der Waals surface area contributed by atoms with Gasteiger partial charge >= 0.3 is 0 Å². The van der Waals surface area contributed by atoms with Crippen molar-refractivity contribution in [2.24, 2.45) is 0 Å². The maximum absolute atomic E-state index is 12.3. The molecule has 1 aliphatic heterocycles. The van der Waals surface area contributed by atoms with Crippen molar-refractivity contribution in [1.29, 1.82) is 0 Å². The lowest BCUT2D eigenvalue weighted by Gasteiger charge is -2.33. The van der Waals surface area contributed by atoms with Crippen LogP contribution in [0, 0.1) is 0 Å². The van der Waals surface area contributed by atoms with Crippen LogP contribution in [0.25, 0.3) is 0 Å². The second-order valence-corrected chi connectivity index (χ2v) is 6.30. The summed E-state index contributed by atoms with van der Waals surface area (Å²) in [5.41, 5.74) is 7.17. The van der Waals surface area contributed by atoms with Crippen molar-refractivity contribution >= 4 is 34.7 Å². The number of nitrogens with one attached hydrogen (secondary N) is 1. The molecule has 1 fully saturated rings. The van der Waals surface area contributed by atoms with E-state index in [4.69, 9.17) is 17.3 Å². The molecule has 0 atom stereocenters. The van der Waals surface area contributed by atoms with E-state index in [1.165, 1.54) is 0 Å². The molecule has 1 saturated heterocycles. The number of aromatic nitrogens is 1. The Morgan fingerprint density at radius 2 is 1.96 bits per heavy atom. The summed E-state index contributed by atoms with van der Waals surface area (Å²) < 4.78 is 0. The van der Waals surface area contributed by atoms with E-state index in [0.717, 1.165) is 32.0 Å². The third kappa shape index (κ3) is 3.77. The van der Waals surface area contributed by atoms with Gasteiger partial charge < -0.3 is 20.9 Å². The van der Waals surface area contributed by atoms with Gasteiger partial charge in [-0.3, -0.25) is 4.79 Å². The number of hydrogen-bond acceptors (Lipinski definition) is 5. The lowest BCUT2D eigenvalue weighted by atomic mass is 10.2. The zero-order valence-corrected chi connectivity index (χ0v) is 14.3. The first kappa shape index (κ1) is 16.5. The van der Waals surface area contributed by atoms with Crippen LogP contribution < -0.4 is 16.0 Å². The average molecular weight is 346 g/mol. The number of pyridine rings is 1. The molecule has 0 unspecified atom stereocenters. The molecule has 6 nitrogen and oxygen atoms in total. The molecule has 0 spiro atoms. The smallest absolute Gasteiger partial charge is 0.257 e. The molecule has 1 aliphatic rings. The molecule has 0 saturated carbocycles. The van der Waals surface area contributed by atoms with Crippen LogP contribution in [0.1, 0.15) is 10.4 Å². The number of carbonyl (C=O) groups is 1. The van der Waals surface area contributed by atoms with Crippen molar-refractivity contribution in [3.63, 3.8) is 0 Å². The molecule has 7 heteroatoms. The van der Waals surface area contributed by atoms with Gasteiger partial charge in [0, 0.05) is 31.9 Å². The number of benzene rings is 1. The second-order valence-electron chi connectivity index (χ2n) is 5.89. The van der Waals surface area contributed by atoms with Gasteiger partial charge in [-0.2, -0.15) is 0 Å². The number of hydrogen-bond donors (Lipinski definition) is 2. The molecule has 2 heterocycles. The highest BCUT2D eigenvalue weighted by Gasteiger charge is 2.16. The van der Waals surface area contributed by atoms with Gasteiger partial charge in [0.1, 0.15) is 5.82 Å². The van der Waals surface area contributed by atoms with Gasteiger partial charge in [-0.25, -0.2) is 4.98 Å². The van der Waals surface area contributed by atoms with Crippen LogP contribution in [0.4, 0.5) is 17.2 Å². The number of nitrogens with two attached hydrogens (primary N) is 1. The van der Waals surface area contributed by atoms with Crippen LogP contribution >= 0.6 is 11.6 Å². The molecule has 2 aromatic rings. The largest absolute Gasteiger partial charge is 0.399 e. The van der Waals surface area contributed by atoms with E-state index in [-0.39, 0.29) is 5.91 Å². The molecule has 24 heavy (non-hydrogen) atoms. The summed E-state index contributed by atoms with van der Waals surface area (Å²) in [5.74, 6) is 0.615. The predicted octanol–water partition coefficient (Wildman–Crippen LogP) is 2.32. The quantitative estimate of drug-likeness (QED) is 0.835. The van der Waals surface area contributed by atoms with E-state index in [2.05, 4.69) is 27.1 Å². The summed E-state index contributed by atoms with van der Waals surface area (Å²) in [6, 6.07) is 8.59. The third-order valence-corrected chi connectivity index (χ3v) is 4.40. The van der Waals surface area contributed by atoms with Gasteiger partial charge in [-0.15, -0.1) is 0 Å². The van der Waals surface area contributed by atoms with E-state index < -0.39 is 0 Å². The molecule has 1 amide bonds. The molecule has 0 bridgehead atoms. The Kier molecular flexibility index (Phi) is 4.87. The van der Waals surface area contributed by atoms with Gasteiger partial charge in [-0.05, 0) is 37.4 Å². The van der Waals surface area contributed by atoms with Crippen molar-refractivity contribution < 1.29 is 4.79 Å². The van der Waals surface area contributed by atoms with E-state index in [0.29, 0.717) is 22.0 Å². The molecule has 1 aromatic heterocycles. The summed E-state index contributed by atoms with van der Waals surface area (Å²) in [7, 11) is 2.12. The molecule has 1 aromatic carbocycles. The zero-order chi connectivity index (χ0) is 17.1. The Morgan fingerprint density at radius 1 is 1.21 bits per heavy atom. The van der Waals surface area contributed by atoms with E-state index >= 15 is 0 Å². The van der Waals surface area contributed by atoms with Crippen LogP contribution in [-0.4, -0.2) is 49.0 Å². The zero-order valence-electron chi connectivity index (χ0n) is 13.5. The topological polar surface area (TPSA) is 74.5 Å². The minimum atomic E-state index is -0.304.